The summed E-state index contributed by atoms with van der Waals surface area (Å²) in [6, 6.07) is 12.4. The Morgan fingerprint density at radius 2 is 1.89 bits per heavy atom. The lowest BCUT2D eigenvalue weighted by atomic mass is 9.98. The van der Waals surface area contributed by atoms with E-state index < -0.39 is 5.92 Å². The number of halogens is 2. The van der Waals surface area contributed by atoms with Crippen molar-refractivity contribution in [1.29, 1.82) is 0 Å². The van der Waals surface area contributed by atoms with Gasteiger partial charge >= 0.3 is 0 Å². The number of amides is 1. The first-order chi connectivity index (χ1) is 17.4. The third-order valence-corrected chi connectivity index (χ3v) is 6.76. The van der Waals surface area contributed by atoms with E-state index >= 15 is 0 Å². The summed E-state index contributed by atoms with van der Waals surface area (Å²) >= 11 is 12.1. The summed E-state index contributed by atoms with van der Waals surface area (Å²) in [6.45, 7) is 1.80. The number of aromatic nitrogens is 5. The number of phenols is 1. The summed E-state index contributed by atoms with van der Waals surface area (Å²) in [6.07, 6.45) is 5.88. The van der Waals surface area contributed by atoms with E-state index in [0.29, 0.717) is 45.6 Å². The first-order valence-corrected chi connectivity index (χ1v) is 11.9. The van der Waals surface area contributed by atoms with Crippen LogP contribution >= 0.6 is 23.2 Å². The Labute approximate surface area is 215 Å². The molecule has 36 heavy (non-hydrogen) atoms. The van der Waals surface area contributed by atoms with Crippen molar-refractivity contribution in [2.24, 2.45) is 0 Å². The fourth-order valence-corrected chi connectivity index (χ4v) is 4.59. The average Bonchev–Trinajstić information content (AvgIpc) is 3.46. The van der Waals surface area contributed by atoms with Crippen LogP contribution in [0.3, 0.4) is 0 Å². The number of nitrogens with one attached hydrogen (secondary N) is 1. The number of imidazole rings is 1. The standard InChI is InChI=1S/C26H18Cl2N6O2/c1-13-21-22(15-4-7-17(28)20(35)11-15)31-23(32-24(21)33-26(13)36)19-12-34-9-8-29-25(34)18(30-19)10-14-2-5-16(27)6-3-14/h2-9,11-13,35H,10H2,1H3,(H,31,32,33,36). The van der Waals surface area contributed by atoms with Crippen LogP contribution in [-0.2, 0) is 11.2 Å². The second-order valence-electron chi connectivity index (χ2n) is 8.57. The summed E-state index contributed by atoms with van der Waals surface area (Å²) in [5.41, 5.74) is 4.81. The summed E-state index contributed by atoms with van der Waals surface area (Å²) in [5.74, 6) is 0.0641. The average molecular weight is 517 g/mol. The Morgan fingerprint density at radius 1 is 1.08 bits per heavy atom. The number of rotatable bonds is 4. The summed E-state index contributed by atoms with van der Waals surface area (Å²) in [7, 11) is 0. The first-order valence-electron chi connectivity index (χ1n) is 11.2. The lowest BCUT2D eigenvalue weighted by Gasteiger charge is -2.13. The van der Waals surface area contributed by atoms with E-state index in [0.717, 1.165) is 16.9 Å². The van der Waals surface area contributed by atoms with Crippen LogP contribution in [-0.4, -0.2) is 35.4 Å². The highest BCUT2D eigenvalue weighted by atomic mass is 35.5. The molecule has 2 aromatic carbocycles. The molecule has 5 aromatic rings. The van der Waals surface area contributed by atoms with Gasteiger partial charge in [-0.1, -0.05) is 41.4 Å². The highest BCUT2D eigenvalue weighted by Gasteiger charge is 2.33. The zero-order chi connectivity index (χ0) is 25.0. The molecule has 4 heterocycles. The fourth-order valence-electron chi connectivity index (χ4n) is 4.34. The SMILES string of the molecule is CC1C(=O)Nc2nc(-c3cn4ccnc4c(Cc4ccc(Cl)cc4)n3)nc(-c3ccc(Cl)c(O)c3)c21. The Balaban J connectivity index is 1.52. The number of carbonyl (C=O) groups excluding carboxylic acids is 1. The molecular formula is C26H18Cl2N6O2. The van der Waals surface area contributed by atoms with Gasteiger partial charge in [0.2, 0.25) is 5.91 Å². The van der Waals surface area contributed by atoms with Gasteiger partial charge in [-0.15, -0.1) is 0 Å². The van der Waals surface area contributed by atoms with Gasteiger partial charge in [-0.25, -0.2) is 19.9 Å². The smallest absolute Gasteiger partial charge is 0.233 e. The maximum atomic E-state index is 12.5. The van der Waals surface area contributed by atoms with Gasteiger partial charge in [0.15, 0.2) is 11.5 Å². The molecule has 1 aliphatic rings. The number of hydrogen-bond donors (Lipinski definition) is 2. The van der Waals surface area contributed by atoms with E-state index in [9.17, 15) is 9.90 Å². The maximum Gasteiger partial charge on any atom is 0.233 e. The summed E-state index contributed by atoms with van der Waals surface area (Å²) in [5, 5.41) is 14.0. The monoisotopic (exact) mass is 516 g/mol. The van der Waals surface area contributed by atoms with E-state index in [-0.39, 0.29) is 16.7 Å². The van der Waals surface area contributed by atoms with E-state index in [1.807, 2.05) is 34.9 Å². The molecule has 10 heteroatoms. The molecule has 0 aliphatic carbocycles. The Kier molecular flexibility index (Phi) is 5.35. The largest absolute Gasteiger partial charge is 0.506 e. The molecular weight excluding hydrogens is 499 g/mol. The predicted octanol–water partition coefficient (Wildman–Crippen LogP) is 5.51. The Morgan fingerprint density at radius 3 is 2.67 bits per heavy atom. The zero-order valence-corrected chi connectivity index (χ0v) is 20.4. The molecule has 1 aliphatic heterocycles. The van der Waals surface area contributed by atoms with Crippen molar-refractivity contribution in [1.82, 2.24) is 24.3 Å². The molecule has 8 nitrogen and oxygen atoms in total. The number of aromatic hydroxyl groups is 1. The number of carbonyl (C=O) groups is 1. The van der Waals surface area contributed by atoms with Crippen LogP contribution < -0.4 is 5.32 Å². The second-order valence-corrected chi connectivity index (χ2v) is 9.41. The molecule has 6 rings (SSSR count). The van der Waals surface area contributed by atoms with Crippen LogP contribution in [0.4, 0.5) is 5.82 Å². The van der Waals surface area contributed by atoms with Crippen LogP contribution in [0, 0.1) is 0 Å². The van der Waals surface area contributed by atoms with Crippen LogP contribution in [0.1, 0.15) is 29.7 Å². The molecule has 0 saturated heterocycles. The lowest BCUT2D eigenvalue weighted by Crippen LogP contribution is -2.08. The molecule has 3 aromatic heterocycles. The molecule has 0 radical (unpaired) electrons. The molecule has 1 amide bonds. The van der Waals surface area contributed by atoms with Gasteiger partial charge in [0.1, 0.15) is 17.3 Å². The maximum absolute atomic E-state index is 12.5. The molecule has 0 bridgehead atoms. The minimum Gasteiger partial charge on any atom is -0.506 e. The lowest BCUT2D eigenvalue weighted by molar-refractivity contribution is -0.116. The molecule has 1 unspecified atom stereocenters. The van der Waals surface area contributed by atoms with Crippen LogP contribution in [0.15, 0.2) is 61.1 Å². The minimum atomic E-state index is -0.452. The number of phenolic OH excluding ortho intramolecular Hbond substituents is 1. The van der Waals surface area contributed by atoms with Crippen LogP contribution in [0.2, 0.25) is 10.0 Å². The zero-order valence-electron chi connectivity index (χ0n) is 18.9. The predicted molar refractivity (Wildman–Crippen MR) is 137 cm³/mol. The van der Waals surface area contributed by atoms with Gasteiger partial charge in [-0.2, -0.15) is 0 Å². The minimum absolute atomic E-state index is 0.0729. The topological polar surface area (TPSA) is 105 Å². The van der Waals surface area contributed by atoms with Gasteiger partial charge in [-0.05, 0) is 36.8 Å². The van der Waals surface area contributed by atoms with Crippen molar-refractivity contribution >= 4 is 40.6 Å². The van der Waals surface area contributed by atoms with Gasteiger partial charge in [-0.3, -0.25) is 4.79 Å². The number of anilines is 1. The van der Waals surface area contributed by atoms with E-state index in [2.05, 4.69) is 15.3 Å². The number of fused-ring (bicyclic) bond motifs is 2. The molecule has 0 spiro atoms. The van der Waals surface area contributed by atoms with Gasteiger partial charge < -0.3 is 14.8 Å². The number of nitrogens with zero attached hydrogens (tertiary/aromatic N) is 5. The summed E-state index contributed by atoms with van der Waals surface area (Å²) in [4.78, 5) is 31.3. The van der Waals surface area contributed by atoms with Crippen LogP contribution in [0.5, 0.6) is 5.75 Å². The van der Waals surface area contributed by atoms with Crippen molar-refractivity contribution in [2.45, 2.75) is 19.3 Å². The Hall–Kier alpha value is -4.01. The normalized spacial score (nSPS) is 14.8. The van der Waals surface area contributed by atoms with Crippen LogP contribution in [0.25, 0.3) is 28.4 Å². The molecule has 0 fully saturated rings. The number of benzene rings is 2. The quantitative estimate of drug-likeness (QED) is 0.326. The van der Waals surface area contributed by atoms with E-state index in [1.165, 1.54) is 6.07 Å². The third kappa shape index (κ3) is 3.84. The molecule has 1 atom stereocenters. The van der Waals surface area contributed by atoms with Crippen molar-refractivity contribution in [3.05, 3.63) is 87.9 Å². The van der Waals surface area contributed by atoms with Crippen molar-refractivity contribution in [2.75, 3.05) is 5.32 Å². The van der Waals surface area contributed by atoms with Gasteiger partial charge in [0, 0.05) is 41.2 Å². The second kappa shape index (κ2) is 8.58. The summed E-state index contributed by atoms with van der Waals surface area (Å²) < 4.78 is 1.87. The van der Waals surface area contributed by atoms with Gasteiger partial charge in [0.05, 0.1) is 22.3 Å². The first kappa shape index (κ1) is 22.5. The van der Waals surface area contributed by atoms with E-state index in [1.54, 1.807) is 31.5 Å². The van der Waals surface area contributed by atoms with Crippen molar-refractivity contribution in [3.63, 3.8) is 0 Å². The fraction of sp³-hybridized carbons (Fsp3) is 0.115. The molecule has 0 saturated carbocycles. The molecule has 178 valence electrons. The number of hydrogen-bond acceptors (Lipinski definition) is 6. The highest BCUT2D eigenvalue weighted by molar-refractivity contribution is 6.32. The molecule has 2 N–H and O–H groups in total. The highest BCUT2D eigenvalue weighted by Crippen LogP contribution is 2.40. The van der Waals surface area contributed by atoms with Gasteiger partial charge in [0.25, 0.3) is 0 Å². The third-order valence-electron chi connectivity index (χ3n) is 6.19. The van der Waals surface area contributed by atoms with Crippen molar-refractivity contribution < 1.29 is 9.90 Å². The van der Waals surface area contributed by atoms with Crippen molar-refractivity contribution in [3.8, 4) is 28.5 Å². The van der Waals surface area contributed by atoms with E-state index in [4.69, 9.17) is 33.2 Å². The Bertz CT molecular complexity index is 1670.